The number of hydrogen-bond donors (Lipinski definition) is 1. The van der Waals surface area contributed by atoms with Crippen LogP contribution in [-0.4, -0.2) is 23.8 Å². The second-order valence-corrected chi connectivity index (χ2v) is 3.48. The Bertz CT molecular complexity index is 453. The first-order chi connectivity index (χ1) is 8.08. The standard InChI is InChI=1S/C11H11NO4S/c1-16-11(13)9(7-17)6-8-2-4-10(5-3-8)12(14)15/h2-6,17H,7H2,1H3/b9-6+. The first-order valence-corrected chi connectivity index (χ1v) is 5.36. The smallest absolute Gasteiger partial charge is 0.334 e. The second-order valence-electron chi connectivity index (χ2n) is 3.17. The number of nitrogens with zero attached hydrogens (tertiary/aromatic N) is 1. The fourth-order valence-electron chi connectivity index (χ4n) is 1.19. The average molecular weight is 253 g/mol. The number of methoxy groups -OCH3 is 1. The maximum absolute atomic E-state index is 11.3. The Labute approximate surface area is 104 Å². The molecule has 1 aromatic carbocycles. The van der Waals surface area contributed by atoms with Crippen molar-refractivity contribution in [2.45, 2.75) is 0 Å². The largest absolute Gasteiger partial charge is 0.466 e. The van der Waals surface area contributed by atoms with Gasteiger partial charge >= 0.3 is 5.97 Å². The van der Waals surface area contributed by atoms with Gasteiger partial charge in [0.25, 0.3) is 5.69 Å². The van der Waals surface area contributed by atoms with E-state index < -0.39 is 10.9 Å². The molecule has 0 saturated carbocycles. The molecule has 5 nitrogen and oxygen atoms in total. The van der Waals surface area contributed by atoms with Crippen molar-refractivity contribution in [1.29, 1.82) is 0 Å². The molecule has 17 heavy (non-hydrogen) atoms. The van der Waals surface area contributed by atoms with Crippen LogP contribution < -0.4 is 0 Å². The normalized spacial score (nSPS) is 11.1. The zero-order valence-corrected chi connectivity index (χ0v) is 10.0. The van der Waals surface area contributed by atoms with E-state index in [0.717, 1.165) is 0 Å². The van der Waals surface area contributed by atoms with E-state index in [-0.39, 0.29) is 11.4 Å². The predicted octanol–water partition coefficient (Wildman–Crippen LogP) is 2.08. The summed E-state index contributed by atoms with van der Waals surface area (Å²) in [5.74, 6) is -0.220. The minimum atomic E-state index is -0.479. The van der Waals surface area contributed by atoms with Crippen LogP contribution >= 0.6 is 12.6 Å². The molecule has 0 aromatic heterocycles. The Hall–Kier alpha value is -1.82. The molecule has 0 saturated heterocycles. The van der Waals surface area contributed by atoms with Gasteiger partial charge in [-0.1, -0.05) is 0 Å². The summed E-state index contributed by atoms with van der Waals surface area (Å²) >= 11 is 4.01. The molecule has 0 aliphatic heterocycles. The number of non-ortho nitro benzene ring substituents is 1. The number of carbonyl (C=O) groups excluding carboxylic acids is 1. The van der Waals surface area contributed by atoms with Crippen LogP contribution in [0.25, 0.3) is 6.08 Å². The molecule has 6 heteroatoms. The molecule has 90 valence electrons. The molecular weight excluding hydrogens is 242 g/mol. The lowest BCUT2D eigenvalue weighted by atomic mass is 10.1. The lowest BCUT2D eigenvalue weighted by molar-refractivity contribution is -0.384. The SMILES string of the molecule is COC(=O)/C(=C/c1ccc([N+](=O)[O-])cc1)CS. The van der Waals surface area contributed by atoms with E-state index in [1.165, 1.54) is 19.2 Å². The zero-order chi connectivity index (χ0) is 12.8. The number of thiol groups is 1. The van der Waals surface area contributed by atoms with E-state index in [1.54, 1.807) is 18.2 Å². The monoisotopic (exact) mass is 253 g/mol. The molecule has 0 bridgehead atoms. The molecule has 0 N–H and O–H groups in total. The highest BCUT2D eigenvalue weighted by molar-refractivity contribution is 7.80. The fourth-order valence-corrected chi connectivity index (χ4v) is 1.41. The summed E-state index contributed by atoms with van der Waals surface area (Å²) in [6.45, 7) is 0. The van der Waals surface area contributed by atoms with Crippen molar-refractivity contribution in [3.05, 3.63) is 45.5 Å². The molecule has 0 unspecified atom stereocenters. The Balaban J connectivity index is 2.97. The summed E-state index contributed by atoms with van der Waals surface area (Å²) in [6.07, 6.45) is 1.59. The molecule has 0 spiro atoms. The molecule has 1 rings (SSSR count). The van der Waals surface area contributed by atoms with E-state index in [0.29, 0.717) is 11.1 Å². The van der Waals surface area contributed by atoms with Crippen molar-refractivity contribution >= 4 is 30.4 Å². The number of carbonyl (C=O) groups is 1. The maximum atomic E-state index is 11.3. The summed E-state index contributed by atoms with van der Waals surface area (Å²) in [7, 11) is 1.29. The van der Waals surface area contributed by atoms with Gasteiger partial charge in [0, 0.05) is 23.5 Å². The number of ether oxygens (including phenoxy) is 1. The van der Waals surface area contributed by atoms with Crippen LogP contribution in [0.2, 0.25) is 0 Å². The highest BCUT2D eigenvalue weighted by Crippen LogP contribution is 2.15. The quantitative estimate of drug-likeness (QED) is 0.293. The molecule has 0 aliphatic carbocycles. The molecule has 1 aromatic rings. The first-order valence-electron chi connectivity index (χ1n) is 4.72. The van der Waals surface area contributed by atoms with Gasteiger partial charge in [0.1, 0.15) is 0 Å². The summed E-state index contributed by atoms with van der Waals surface area (Å²) in [5, 5.41) is 10.4. The van der Waals surface area contributed by atoms with Gasteiger partial charge in [0.2, 0.25) is 0 Å². The van der Waals surface area contributed by atoms with Crippen molar-refractivity contribution in [1.82, 2.24) is 0 Å². The summed E-state index contributed by atoms with van der Waals surface area (Å²) in [6, 6.07) is 5.87. The predicted molar refractivity (Wildman–Crippen MR) is 66.9 cm³/mol. The van der Waals surface area contributed by atoms with E-state index in [4.69, 9.17) is 0 Å². The third-order valence-electron chi connectivity index (χ3n) is 2.06. The number of esters is 1. The van der Waals surface area contributed by atoms with Gasteiger partial charge in [-0.25, -0.2) is 4.79 Å². The van der Waals surface area contributed by atoms with Crippen molar-refractivity contribution in [3.8, 4) is 0 Å². The topological polar surface area (TPSA) is 69.4 Å². The van der Waals surface area contributed by atoms with Crippen LogP contribution in [-0.2, 0) is 9.53 Å². The minimum absolute atomic E-state index is 0.00708. The van der Waals surface area contributed by atoms with Crippen LogP contribution in [0.15, 0.2) is 29.8 Å². The molecular formula is C11H11NO4S. The first kappa shape index (κ1) is 13.2. The van der Waals surface area contributed by atoms with Crippen LogP contribution in [0.5, 0.6) is 0 Å². The lowest BCUT2D eigenvalue weighted by Gasteiger charge is -2.01. The Morgan fingerprint density at radius 3 is 2.47 bits per heavy atom. The number of nitro benzene ring substituents is 1. The van der Waals surface area contributed by atoms with Crippen LogP contribution in [0.4, 0.5) is 5.69 Å². The van der Waals surface area contributed by atoms with Gasteiger partial charge in [-0.2, -0.15) is 12.6 Å². The van der Waals surface area contributed by atoms with Crippen LogP contribution in [0, 0.1) is 10.1 Å². The average Bonchev–Trinajstić information content (AvgIpc) is 2.35. The van der Waals surface area contributed by atoms with E-state index in [1.807, 2.05) is 0 Å². The van der Waals surface area contributed by atoms with Gasteiger partial charge in [0.05, 0.1) is 12.0 Å². The van der Waals surface area contributed by atoms with Crippen LogP contribution in [0.3, 0.4) is 0 Å². The number of benzene rings is 1. The van der Waals surface area contributed by atoms with Gasteiger partial charge in [-0.05, 0) is 23.8 Å². The Kier molecular flexibility index (Phi) is 4.71. The minimum Gasteiger partial charge on any atom is -0.466 e. The molecule has 0 aliphatic rings. The molecule has 0 fully saturated rings. The van der Waals surface area contributed by atoms with E-state index in [9.17, 15) is 14.9 Å². The summed E-state index contributed by atoms with van der Waals surface area (Å²) in [4.78, 5) is 21.2. The highest BCUT2D eigenvalue weighted by Gasteiger charge is 2.08. The van der Waals surface area contributed by atoms with E-state index in [2.05, 4.69) is 17.4 Å². The Morgan fingerprint density at radius 1 is 1.47 bits per heavy atom. The summed E-state index contributed by atoms with van der Waals surface area (Å²) < 4.78 is 4.57. The maximum Gasteiger partial charge on any atom is 0.334 e. The number of rotatable bonds is 4. The zero-order valence-electron chi connectivity index (χ0n) is 9.12. The Morgan fingerprint density at radius 2 is 2.06 bits per heavy atom. The van der Waals surface area contributed by atoms with Crippen molar-refractivity contribution in [2.24, 2.45) is 0 Å². The lowest BCUT2D eigenvalue weighted by Crippen LogP contribution is -2.05. The van der Waals surface area contributed by atoms with Crippen LogP contribution in [0.1, 0.15) is 5.56 Å². The molecule has 0 atom stereocenters. The van der Waals surface area contributed by atoms with Crippen molar-refractivity contribution < 1.29 is 14.5 Å². The molecule has 0 radical (unpaired) electrons. The molecule has 0 amide bonds. The molecule has 0 heterocycles. The third-order valence-corrected chi connectivity index (χ3v) is 2.40. The van der Waals surface area contributed by atoms with Crippen molar-refractivity contribution in [2.75, 3.05) is 12.9 Å². The summed E-state index contributed by atoms with van der Waals surface area (Å²) in [5.41, 5.74) is 1.09. The van der Waals surface area contributed by atoms with E-state index >= 15 is 0 Å². The van der Waals surface area contributed by atoms with Gasteiger partial charge in [-0.3, -0.25) is 10.1 Å². The highest BCUT2D eigenvalue weighted by atomic mass is 32.1. The third kappa shape index (κ3) is 3.60. The van der Waals surface area contributed by atoms with Crippen molar-refractivity contribution in [3.63, 3.8) is 0 Å². The van der Waals surface area contributed by atoms with Gasteiger partial charge in [0.15, 0.2) is 0 Å². The second kappa shape index (κ2) is 6.05. The fraction of sp³-hybridized carbons (Fsp3) is 0.182. The van der Waals surface area contributed by atoms with Gasteiger partial charge in [-0.15, -0.1) is 0 Å². The number of hydrogen-bond acceptors (Lipinski definition) is 5. The van der Waals surface area contributed by atoms with Gasteiger partial charge < -0.3 is 4.74 Å². The number of nitro groups is 1.